The highest BCUT2D eigenvalue weighted by Gasteiger charge is 1.99. The van der Waals surface area contributed by atoms with Crippen LogP contribution in [0.4, 0.5) is 0 Å². The molecule has 66 valence electrons. The normalized spacial score (nSPS) is 10.0. The number of unbranched alkanes of at least 4 members (excludes halogenated alkanes) is 1. The first-order valence-corrected chi connectivity index (χ1v) is 3.89. The fraction of sp³-hybridized carbons (Fsp3) is 0.500. The van der Waals surface area contributed by atoms with Gasteiger partial charge in [0.25, 0.3) is 0 Å². The van der Waals surface area contributed by atoms with Crippen molar-refractivity contribution in [3.05, 3.63) is 18.4 Å². The Labute approximate surface area is 70.2 Å². The molecule has 4 nitrogen and oxygen atoms in total. The Morgan fingerprint density at radius 2 is 2.42 bits per heavy atom. The molecule has 1 heterocycles. The second-order valence-corrected chi connectivity index (χ2v) is 2.53. The van der Waals surface area contributed by atoms with Crippen molar-refractivity contribution in [2.75, 3.05) is 0 Å². The minimum atomic E-state index is -0.748. The Bertz CT molecular complexity index is 230. The van der Waals surface area contributed by atoms with Gasteiger partial charge in [-0.05, 0) is 12.8 Å². The highest BCUT2D eigenvalue weighted by atomic mass is 16.4. The van der Waals surface area contributed by atoms with E-state index in [4.69, 9.17) is 9.52 Å². The van der Waals surface area contributed by atoms with Crippen molar-refractivity contribution in [3.63, 3.8) is 0 Å². The topological polar surface area (TPSA) is 63.3 Å². The van der Waals surface area contributed by atoms with E-state index in [0.717, 1.165) is 12.8 Å². The third-order valence-corrected chi connectivity index (χ3v) is 1.51. The number of carbonyl (C=O) groups is 1. The fourth-order valence-electron chi connectivity index (χ4n) is 0.929. The predicted octanol–water partition coefficient (Wildman–Crippen LogP) is 1.47. The maximum Gasteiger partial charge on any atom is 0.303 e. The average molecular weight is 169 g/mol. The summed E-state index contributed by atoms with van der Waals surface area (Å²) in [6.45, 7) is 0. The molecule has 1 aromatic rings. The van der Waals surface area contributed by atoms with Crippen LogP contribution in [0.25, 0.3) is 0 Å². The van der Waals surface area contributed by atoms with E-state index in [0.29, 0.717) is 12.3 Å². The van der Waals surface area contributed by atoms with Gasteiger partial charge in [-0.25, -0.2) is 4.98 Å². The van der Waals surface area contributed by atoms with Crippen LogP contribution >= 0.6 is 0 Å². The number of rotatable bonds is 5. The van der Waals surface area contributed by atoms with Gasteiger partial charge < -0.3 is 9.52 Å². The SMILES string of the molecule is O=C(O)CCCCc1ncco1. The molecule has 0 radical (unpaired) electrons. The molecular formula is C8H11NO3. The van der Waals surface area contributed by atoms with Crippen LogP contribution in [-0.4, -0.2) is 16.1 Å². The molecule has 1 N–H and O–H groups in total. The summed E-state index contributed by atoms with van der Waals surface area (Å²) in [7, 11) is 0. The van der Waals surface area contributed by atoms with Crippen molar-refractivity contribution >= 4 is 5.97 Å². The fourth-order valence-corrected chi connectivity index (χ4v) is 0.929. The largest absolute Gasteiger partial charge is 0.481 e. The van der Waals surface area contributed by atoms with E-state index in [1.165, 1.54) is 6.26 Å². The molecule has 0 aliphatic rings. The van der Waals surface area contributed by atoms with Gasteiger partial charge in [-0.15, -0.1) is 0 Å². The molecule has 0 saturated carbocycles. The number of hydrogen-bond acceptors (Lipinski definition) is 3. The van der Waals surface area contributed by atoms with Crippen LogP contribution < -0.4 is 0 Å². The van der Waals surface area contributed by atoms with Crippen molar-refractivity contribution in [2.24, 2.45) is 0 Å². The standard InChI is InChI=1S/C8H11NO3/c10-8(11)4-2-1-3-7-9-5-6-12-7/h5-6H,1-4H2,(H,10,11). The summed E-state index contributed by atoms with van der Waals surface area (Å²) in [5.41, 5.74) is 0. The van der Waals surface area contributed by atoms with Crippen molar-refractivity contribution in [1.29, 1.82) is 0 Å². The minimum absolute atomic E-state index is 0.223. The molecule has 0 spiro atoms. The molecule has 0 atom stereocenters. The third kappa shape index (κ3) is 3.18. The van der Waals surface area contributed by atoms with E-state index in [1.807, 2.05) is 0 Å². The number of carboxylic acid groups (broad SMARTS) is 1. The van der Waals surface area contributed by atoms with Gasteiger partial charge in [-0.2, -0.15) is 0 Å². The molecule has 12 heavy (non-hydrogen) atoms. The second kappa shape index (κ2) is 4.54. The summed E-state index contributed by atoms with van der Waals surface area (Å²) >= 11 is 0. The van der Waals surface area contributed by atoms with Gasteiger partial charge in [0, 0.05) is 12.8 Å². The van der Waals surface area contributed by atoms with E-state index in [2.05, 4.69) is 4.98 Å². The van der Waals surface area contributed by atoms with Gasteiger partial charge in [0.05, 0.1) is 6.20 Å². The molecule has 0 unspecified atom stereocenters. The van der Waals surface area contributed by atoms with E-state index in [-0.39, 0.29) is 6.42 Å². The predicted molar refractivity (Wildman–Crippen MR) is 41.7 cm³/mol. The van der Waals surface area contributed by atoms with Gasteiger partial charge in [0.1, 0.15) is 6.26 Å². The van der Waals surface area contributed by atoms with E-state index < -0.39 is 5.97 Å². The molecule has 0 saturated heterocycles. The zero-order valence-electron chi connectivity index (χ0n) is 6.69. The second-order valence-electron chi connectivity index (χ2n) is 2.53. The van der Waals surface area contributed by atoms with Gasteiger partial charge in [-0.3, -0.25) is 4.79 Å². The van der Waals surface area contributed by atoms with Crippen molar-refractivity contribution in [2.45, 2.75) is 25.7 Å². The van der Waals surface area contributed by atoms with Crippen LogP contribution in [0.2, 0.25) is 0 Å². The zero-order valence-corrected chi connectivity index (χ0v) is 6.69. The van der Waals surface area contributed by atoms with Crippen LogP contribution in [0.3, 0.4) is 0 Å². The molecule has 0 fully saturated rings. The first kappa shape index (κ1) is 8.77. The lowest BCUT2D eigenvalue weighted by Crippen LogP contribution is -1.94. The van der Waals surface area contributed by atoms with Crippen LogP contribution in [0.1, 0.15) is 25.2 Å². The molecule has 0 aliphatic carbocycles. The number of carboxylic acids is 1. The van der Waals surface area contributed by atoms with Gasteiger partial charge in [-0.1, -0.05) is 0 Å². The number of aryl methyl sites for hydroxylation is 1. The maximum atomic E-state index is 10.1. The molecule has 0 aliphatic heterocycles. The van der Waals surface area contributed by atoms with Crippen molar-refractivity contribution < 1.29 is 14.3 Å². The van der Waals surface area contributed by atoms with Crippen LogP contribution in [-0.2, 0) is 11.2 Å². The summed E-state index contributed by atoms with van der Waals surface area (Å²) in [4.78, 5) is 14.0. The molecule has 0 amide bonds. The first-order valence-electron chi connectivity index (χ1n) is 3.89. The Kier molecular flexibility index (Phi) is 3.32. The molecule has 0 bridgehead atoms. The number of aliphatic carboxylic acids is 1. The van der Waals surface area contributed by atoms with Crippen LogP contribution in [0.5, 0.6) is 0 Å². The van der Waals surface area contributed by atoms with E-state index in [1.54, 1.807) is 6.20 Å². The number of hydrogen-bond donors (Lipinski definition) is 1. The minimum Gasteiger partial charge on any atom is -0.481 e. The Hall–Kier alpha value is -1.32. The lowest BCUT2D eigenvalue weighted by Gasteiger charge is -1.93. The van der Waals surface area contributed by atoms with Crippen molar-refractivity contribution in [1.82, 2.24) is 4.98 Å². The Morgan fingerprint density at radius 1 is 1.58 bits per heavy atom. The number of oxazole rings is 1. The molecular weight excluding hydrogens is 158 g/mol. The van der Waals surface area contributed by atoms with Gasteiger partial charge >= 0.3 is 5.97 Å². The molecule has 0 aromatic carbocycles. The van der Waals surface area contributed by atoms with Crippen LogP contribution in [0.15, 0.2) is 16.9 Å². The van der Waals surface area contributed by atoms with Gasteiger partial charge in [0.15, 0.2) is 5.89 Å². The maximum absolute atomic E-state index is 10.1. The smallest absolute Gasteiger partial charge is 0.303 e. The lowest BCUT2D eigenvalue weighted by molar-refractivity contribution is -0.137. The highest BCUT2D eigenvalue weighted by Crippen LogP contribution is 2.03. The average Bonchev–Trinajstić information content (AvgIpc) is 2.49. The van der Waals surface area contributed by atoms with Crippen molar-refractivity contribution in [3.8, 4) is 0 Å². The number of nitrogens with zero attached hydrogens (tertiary/aromatic N) is 1. The summed E-state index contributed by atoms with van der Waals surface area (Å²) < 4.78 is 4.98. The summed E-state index contributed by atoms with van der Waals surface area (Å²) in [5.74, 6) is -0.0669. The highest BCUT2D eigenvalue weighted by molar-refractivity contribution is 5.66. The molecule has 1 rings (SSSR count). The monoisotopic (exact) mass is 169 g/mol. The van der Waals surface area contributed by atoms with Crippen LogP contribution in [0, 0.1) is 0 Å². The first-order chi connectivity index (χ1) is 5.79. The quantitative estimate of drug-likeness (QED) is 0.678. The third-order valence-electron chi connectivity index (χ3n) is 1.51. The van der Waals surface area contributed by atoms with E-state index >= 15 is 0 Å². The lowest BCUT2D eigenvalue weighted by atomic mass is 10.2. The summed E-state index contributed by atoms with van der Waals surface area (Å²) in [5, 5.41) is 8.33. The summed E-state index contributed by atoms with van der Waals surface area (Å²) in [6.07, 6.45) is 5.55. The Balaban J connectivity index is 2.07. The van der Waals surface area contributed by atoms with Gasteiger partial charge in [0.2, 0.25) is 0 Å². The Morgan fingerprint density at radius 3 is 3.00 bits per heavy atom. The molecule has 1 aromatic heterocycles. The molecule has 4 heteroatoms. The van der Waals surface area contributed by atoms with E-state index in [9.17, 15) is 4.79 Å². The zero-order chi connectivity index (χ0) is 8.81. The summed E-state index contributed by atoms with van der Waals surface area (Å²) in [6, 6.07) is 0. The number of aromatic nitrogens is 1.